The minimum absolute atomic E-state index is 0.121. The van der Waals surface area contributed by atoms with E-state index in [1.165, 1.54) is 0 Å². The van der Waals surface area contributed by atoms with Crippen LogP contribution in [0, 0.1) is 0 Å². The summed E-state index contributed by atoms with van der Waals surface area (Å²) in [4.78, 5) is 0. The molecule has 3 N–H and O–H groups in total. The van der Waals surface area contributed by atoms with E-state index >= 15 is 0 Å². The lowest BCUT2D eigenvalue weighted by Gasteiger charge is -2.26. The molecule has 0 aliphatic rings. The number of nitrogens with one attached hydrogen (secondary N) is 2. The third-order valence-corrected chi connectivity index (χ3v) is 4.35. The third kappa shape index (κ3) is 4.03. The fourth-order valence-corrected chi connectivity index (χ4v) is 2.89. The van der Waals surface area contributed by atoms with Gasteiger partial charge in [-0.15, -0.1) is 0 Å². The number of aromatic nitrogens is 2. The fourth-order valence-electron chi connectivity index (χ4n) is 2.89. The van der Waals surface area contributed by atoms with Gasteiger partial charge in [-0.1, -0.05) is 31.2 Å². The molecule has 26 heavy (non-hydrogen) atoms. The molecule has 1 atom stereocenters. The molecule has 1 aromatic heterocycles. The highest BCUT2D eigenvalue weighted by atomic mass is 19.1. The van der Waals surface area contributed by atoms with E-state index in [0.29, 0.717) is 0 Å². The van der Waals surface area contributed by atoms with Gasteiger partial charge in [-0.25, -0.2) is 9.07 Å². The van der Waals surface area contributed by atoms with Crippen molar-refractivity contribution in [3.63, 3.8) is 0 Å². The Bertz CT molecular complexity index is 836. The highest BCUT2D eigenvalue weighted by molar-refractivity contribution is 5.92. The van der Waals surface area contributed by atoms with E-state index in [-0.39, 0.29) is 13.1 Å². The predicted octanol–water partition coefficient (Wildman–Crippen LogP) is 3.14. The van der Waals surface area contributed by atoms with Crippen LogP contribution in [0.2, 0.25) is 0 Å². The maximum atomic E-state index is 13.4. The quantitative estimate of drug-likeness (QED) is 0.516. The molecule has 1 heterocycles. The molecular formula is C20H25FN4O. The summed E-state index contributed by atoms with van der Waals surface area (Å²) in [5.41, 5.74) is 1.32. The summed E-state index contributed by atoms with van der Waals surface area (Å²) >= 11 is 0. The summed E-state index contributed by atoms with van der Waals surface area (Å²) in [6.07, 6.45) is 2.72. The van der Waals surface area contributed by atoms with Crippen molar-refractivity contribution in [1.29, 1.82) is 0 Å². The molecule has 3 rings (SSSR count). The Morgan fingerprint density at radius 1 is 1.12 bits per heavy atom. The molecule has 0 spiro atoms. The second-order valence-corrected chi connectivity index (χ2v) is 6.52. The van der Waals surface area contributed by atoms with Crippen LogP contribution < -0.4 is 10.6 Å². The average Bonchev–Trinajstić information content (AvgIpc) is 3.12. The number of fused-ring (bicyclic) bond motifs is 1. The summed E-state index contributed by atoms with van der Waals surface area (Å²) < 4.78 is 15.2. The van der Waals surface area contributed by atoms with E-state index in [1.807, 2.05) is 60.1 Å². The molecule has 0 saturated heterocycles. The van der Waals surface area contributed by atoms with Crippen molar-refractivity contribution >= 4 is 16.6 Å². The van der Waals surface area contributed by atoms with Crippen LogP contribution in [0.15, 0.2) is 54.7 Å². The number of hydrogen-bond acceptors (Lipinski definition) is 4. The van der Waals surface area contributed by atoms with Crippen molar-refractivity contribution in [2.45, 2.75) is 18.9 Å². The first kappa shape index (κ1) is 18.4. The van der Waals surface area contributed by atoms with E-state index < -0.39 is 12.3 Å². The van der Waals surface area contributed by atoms with Gasteiger partial charge >= 0.3 is 0 Å². The number of halogens is 1. The highest BCUT2D eigenvalue weighted by Crippen LogP contribution is 2.25. The molecule has 5 nitrogen and oxygen atoms in total. The molecule has 2 aromatic carbocycles. The van der Waals surface area contributed by atoms with Crippen LogP contribution in [0.1, 0.15) is 13.3 Å². The zero-order valence-electron chi connectivity index (χ0n) is 15.0. The largest absolute Gasteiger partial charge is 0.384 e. The second kappa shape index (κ2) is 8.29. The molecule has 0 aliphatic heterocycles. The molecule has 0 radical (unpaired) electrons. The van der Waals surface area contributed by atoms with Gasteiger partial charge < -0.3 is 15.7 Å². The van der Waals surface area contributed by atoms with Gasteiger partial charge in [-0.3, -0.25) is 0 Å². The van der Waals surface area contributed by atoms with E-state index in [4.69, 9.17) is 0 Å². The third-order valence-electron chi connectivity index (χ3n) is 4.35. The van der Waals surface area contributed by atoms with E-state index in [1.54, 1.807) is 6.20 Å². The number of rotatable bonds is 9. The summed E-state index contributed by atoms with van der Waals surface area (Å²) in [6.45, 7) is 2.31. The predicted molar refractivity (Wildman–Crippen MR) is 104 cm³/mol. The van der Waals surface area contributed by atoms with Crippen molar-refractivity contribution in [2.75, 3.05) is 31.6 Å². The van der Waals surface area contributed by atoms with Gasteiger partial charge in [0.15, 0.2) is 0 Å². The van der Waals surface area contributed by atoms with Crippen molar-refractivity contribution in [1.82, 2.24) is 15.1 Å². The fraction of sp³-hybridized carbons (Fsp3) is 0.350. The lowest BCUT2D eigenvalue weighted by atomic mass is 10.1. The second-order valence-electron chi connectivity index (χ2n) is 6.52. The van der Waals surface area contributed by atoms with Crippen molar-refractivity contribution < 1.29 is 9.50 Å². The molecule has 0 amide bonds. The summed E-state index contributed by atoms with van der Waals surface area (Å²) in [6, 6.07) is 15.7. The number of hydrogen-bond donors (Lipinski definition) is 3. The number of alkyl halides is 1. The SMILES string of the molecule is CCCNCC(O)(CF)CNc1cccc2c1cnn2-c1ccccc1. The molecule has 0 saturated carbocycles. The molecule has 1 unspecified atom stereocenters. The Morgan fingerprint density at radius 2 is 1.92 bits per heavy atom. The van der Waals surface area contributed by atoms with E-state index in [2.05, 4.69) is 15.7 Å². The standard InChI is InChI=1S/C20H25FN4O/c1-2-11-22-14-20(26,13-21)15-23-18-9-6-10-19-17(18)12-24-25(19)16-7-4-3-5-8-16/h3-10,12,22-23,26H,2,11,13-15H2,1H3. The van der Waals surface area contributed by atoms with Crippen LogP contribution >= 0.6 is 0 Å². The number of nitrogens with zero attached hydrogens (tertiary/aromatic N) is 2. The first-order chi connectivity index (χ1) is 12.7. The highest BCUT2D eigenvalue weighted by Gasteiger charge is 2.26. The summed E-state index contributed by atoms with van der Waals surface area (Å²) in [5.74, 6) is 0. The molecule has 0 aliphatic carbocycles. The molecular weight excluding hydrogens is 331 g/mol. The Balaban J connectivity index is 1.80. The van der Waals surface area contributed by atoms with Gasteiger partial charge in [0.1, 0.15) is 12.3 Å². The van der Waals surface area contributed by atoms with Crippen LogP contribution in [0.25, 0.3) is 16.6 Å². The van der Waals surface area contributed by atoms with Crippen molar-refractivity contribution in [3.8, 4) is 5.69 Å². The topological polar surface area (TPSA) is 62.1 Å². The van der Waals surface area contributed by atoms with Crippen molar-refractivity contribution in [2.24, 2.45) is 0 Å². The van der Waals surface area contributed by atoms with E-state index in [0.717, 1.165) is 35.2 Å². The van der Waals surface area contributed by atoms with Crippen LogP contribution in [0.3, 0.4) is 0 Å². The lowest BCUT2D eigenvalue weighted by Crippen LogP contribution is -2.48. The van der Waals surface area contributed by atoms with Gasteiger partial charge in [0, 0.05) is 24.2 Å². The normalized spacial score (nSPS) is 13.7. The maximum Gasteiger partial charge on any atom is 0.122 e. The van der Waals surface area contributed by atoms with Gasteiger partial charge in [-0.05, 0) is 37.2 Å². The van der Waals surface area contributed by atoms with Gasteiger partial charge in [-0.2, -0.15) is 5.10 Å². The molecule has 0 bridgehead atoms. The van der Waals surface area contributed by atoms with Crippen LogP contribution in [0.5, 0.6) is 0 Å². The van der Waals surface area contributed by atoms with Crippen LogP contribution in [-0.4, -0.2) is 46.8 Å². The monoisotopic (exact) mass is 356 g/mol. The zero-order chi connectivity index (χ0) is 18.4. The Kier molecular flexibility index (Phi) is 5.85. The molecule has 0 fully saturated rings. The summed E-state index contributed by atoms with van der Waals surface area (Å²) in [5, 5.41) is 22.1. The first-order valence-corrected chi connectivity index (χ1v) is 8.92. The van der Waals surface area contributed by atoms with Crippen molar-refractivity contribution in [3.05, 3.63) is 54.7 Å². The van der Waals surface area contributed by atoms with Gasteiger partial charge in [0.05, 0.1) is 17.4 Å². The number of benzene rings is 2. The number of anilines is 1. The smallest absolute Gasteiger partial charge is 0.122 e. The average molecular weight is 356 g/mol. The lowest BCUT2D eigenvalue weighted by molar-refractivity contribution is 0.0284. The van der Waals surface area contributed by atoms with Gasteiger partial charge in [0.2, 0.25) is 0 Å². The van der Waals surface area contributed by atoms with Crippen LogP contribution in [-0.2, 0) is 0 Å². The van der Waals surface area contributed by atoms with Crippen LogP contribution in [0.4, 0.5) is 10.1 Å². The molecule has 6 heteroatoms. The zero-order valence-corrected chi connectivity index (χ0v) is 15.0. The Morgan fingerprint density at radius 3 is 2.65 bits per heavy atom. The molecule has 138 valence electrons. The number of para-hydroxylation sites is 1. The number of aliphatic hydroxyl groups is 1. The van der Waals surface area contributed by atoms with E-state index in [9.17, 15) is 9.50 Å². The Labute approximate surface area is 152 Å². The first-order valence-electron chi connectivity index (χ1n) is 8.92. The molecule has 3 aromatic rings. The summed E-state index contributed by atoms with van der Waals surface area (Å²) in [7, 11) is 0. The minimum atomic E-state index is -1.44. The minimum Gasteiger partial charge on any atom is -0.384 e. The maximum absolute atomic E-state index is 13.4. The van der Waals surface area contributed by atoms with Gasteiger partial charge in [0.25, 0.3) is 0 Å². The Hall–Kier alpha value is -2.44.